The first-order chi connectivity index (χ1) is 12.9. The molecule has 0 saturated heterocycles. The van der Waals surface area contributed by atoms with Crippen molar-refractivity contribution in [2.75, 3.05) is 13.6 Å². The van der Waals surface area contributed by atoms with Crippen LogP contribution in [0.15, 0.2) is 71.9 Å². The van der Waals surface area contributed by atoms with Gasteiger partial charge in [0.05, 0.1) is 12.6 Å². The Balaban J connectivity index is 1.72. The maximum absolute atomic E-state index is 12.5. The van der Waals surface area contributed by atoms with E-state index in [1.54, 1.807) is 6.07 Å². The Hall–Kier alpha value is -2.77. The molecule has 3 rings (SSSR count). The van der Waals surface area contributed by atoms with Crippen molar-refractivity contribution in [3.63, 3.8) is 0 Å². The molecule has 27 heavy (non-hydrogen) atoms. The Bertz CT molecular complexity index is 1050. The van der Waals surface area contributed by atoms with Gasteiger partial charge < -0.3 is 5.32 Å². The predicted molar refractivity (Wildman–Crippen MR) is 105 cm³/mol. The van der Waals surface area contributed by atoms with Crippen LogP contribution in [0.4, 0.5) is 0 Å². The van der Waals surface area contributed by atoms with Crippen LogP contribution in [0, 0.1) is 0 Å². The summed E-state index contributed by atoms with van der Waals surface area (Å²) in [7, 11) is -2.38. The Morgan fingerprint density at radius 1 is 1.11 bits per heavy atom. The molecule has 1 heterocycles. The zero-order chi connectivity index (χ0) is 19.4. The van der Waals surface area contributed by atoms with Crippen LogP contribution < -0.4 is 5.32 Å². The maximum Gasteiger partial charge on any atom is 0.244 e. The molecule has 0 radical (unpaired) electrons. The van der Waals surface area contributed by atoms with Crippen molar-refractivity contribution in [1.82, 2.24) is 14.6 Å². The summed E-state index contributed by atoms with van der Waals surface area (Å²) in [6.07, 6.45) is 2.76. The number of benzene rings is 2. The number of hydrogen-bond donors (Lipinski definition) is 1. The fourth-order valence-electron chi connectivity index (χ4n) is 2.96. The van der Waals surface area contributed by atoms with Crippen LogP contribution in [0.1, 0.15) is 18.5 Å². The highest BCUT2D eigenvalue weighted by atomic mass is 32.2. The Kier molecular flexibility index (Phi) is 5.53. The number of sulfonamides is 1. The van der Waals surface area contributed by atoms with Crippen molar-refractivity contribution in [2.24, 2.45) is 0 Å². The summed E-state index contributed by atoms with van der Waals surface area (Å²) in [6, 6.07) is 16.6. The number of rotatable bonds is 6. The number of pyridine rings is 1. The van der Waals surface area contributed by atoms with E-state index in [1.807, 2.05) is 49.4 Å². The first kappa shape index (κ1) is 19.0. The van der Waals surface area contributed by atoms with E-state index in [2.05, 4.69) is 10.3 Å². The number of likely N-dealkylation sites (N-methyl/N-ethyl adjacent to an activating group) is 1. The number of nitrogens with zero attached hydrogens (tertiary/aromatic N) is 2. The van der Waals surface area contributed by atoms with E-state index < -0.39 is 10.0 Å². The molecule has 0 spiro atoms. The zero-order valence-corrected chi connectivity index (χ0v) is 16.0. The highest BCUT2D eigenvalue weighted by Crippen LogP contribution is 2.24. The van der Waals surface area contributed by atoms with E-state index in [-0.39, 0.29) is 23.4 Å². The lowest BCUT2D eigenvalue weighted by molar-refractivity contribution is -0.121. The second-order valence-corrected chi connectivity index (χ2v) is 8.35. The second-order valence-electron chi connectivity index (χ2n) is 6.31. The zero-order valence-electron chi connectivity index (χ0n) is 15.2. The van der Waals surface area contributed by atoms with Crippen molar-refractivity contribution in [3.8, 4) is 0 Å². The summed E-state index contributed by atoms with van der Waals surface area (Å²) in [5.41, 5.74) is 0.985. The molecule has 1 atom stereocenters. The second kappa shape index (κ2) is 7.85. The molecule has 0 fully saturated rings. The topological polar surface area (TPSA) is 79.4 Å². The molecule has 0 aliphatic carbocycles. The van der Waals surface area contributed by atoms with E-state index >= 15 is 0 Å². The predicted octanol–water partition coefficient (Wildman–Crippen LogP) is 2.73. The number of carbonyl (C=O) groups excluding carboxylic acids is 1. The molecule has 7 heteroatoms. The van der Waals surface area contributed by atoms with Crippen LogP contribution in [-0.4, -0.2) is 37.2 Å². The van der Waals surface area contributed by atoms with Gasteiger partial charge in [-0.15, -0.1) is 0 Å². The fourth-order valence-corrected chi connectivity index (χ4v) is 4.05. The van der Waals surface area contributed by atoms with E-state index in [1.165, 1.54) is 25.5 Å². The molecule has 2 aromatic carbocycles. The van der Waals surface area contributed by atoms with Gasteiger partial charge in [0.25, 0.3) is 0 Å². The summed E-state index contributed by atoms with van der Waals surface area (Å²) >= 11 is 0. The molecule has 0 aliphatic rings. The first-order valence-electron chi connectivity index (χ1n) is 8.53. The van der Waals surface area contributed by atoms with Crippen molar-refractivity contribution < 1.29 is 13.2 Å². The largest absolute Gasteiger partial charge is 0.348 e. The lowest BCUT2D eigenvalue weighted by atomic mass is 10.00. The molecular weight excluding hydrogens is 362 g/mol. The molecule has 3 aromatic rings. The van der Waals surface area contributed by atoms with Crippen LogP contribution in [-0.2, 0) is 14.8 Å². The number of fused-ring (bicyclic) bond motifs is 1. The van der Waals surface area contributed by atoms with E-state index in [4.69, 9.17) is 0 Å². The number of hydrogen-bond acceptors (Lipinski definition) is 4. The van der Waals surface area contributed by atoms with Gasteiger partial charge in [0.1, 0.15) is 4.90 Å². The monoisotopic (exact) mass is 383 g/mol. The highest BCUT2D eigenvalue weighted by Gasteiger charge is 2.23. The number of carbonyl (C=O) groups is 1. The van der Waals surface area contributed by atoms with Gasteiger partial charge in [-0.1, -0.05) is 42.5 Å². The van der Waals surface area contributed by atoms with E-state index in [0.29, 0.717) is 0 Å². The minimum atomic E-state index is -3.76. The Labute approximate surface area is 158 Å². The SMILES string of the molecule is CC(NC(=O)CN(C)S(=O)(=O)c1cccnc1)c1cccc2ccccc12. The van der Waals surface area contributed by atoms with Crippen molar-refractivity contribution >= 4 is 26.7 Å². The summed E-state index contributed by atoms with van der Waals surface area (Å²) < 4.78 is 26.0. The number of amides is 1. The fraction of sp³-hybridized carbons (Fsp3) is 0.200. The molecule has 1 amide bonds. The Morgan fingerprint density at radius 2 is 1.85 bits per heavy atom. The Morgan fingerprint density at radius 3 is 2.59 bits per heavy atom. The standard InChI is InChI=1S/C20H21N3O3S/c1-15(18-11-5-8-16-7-3-4-10-19(16)18)22-20(24)14-23(2)27(25,26)17-9-6-12-21-13-17/h3-13,15H,14H2,1-2H3,(H,22,24). The van der Waals surface area contributed by atoms with Gasteiger partial charge in [-0.2, -0.15) is 4.31 Å². The van der Waals surface area contributed by atoms with E-state index in [9.17, 15) is 13.2 Å². The van der Waals surface area contributed by atoms with Gasteiger partial charge in [0.15, 0.2) is 0 Å². The van der Waals surface area contributed by atoms with Crippen LogP contribution in [0.2, 0.25) is 0 Å². The molecule has 0 bridgehead atoms. The maximum atomic E-state index is 12.5. The summed E-state index contributed by atoms with van der Waals surface area (Å²) in [4.78, 5) is 16.3. The molecule has 0 aliphatic heterocycles. The third-order valence-electron chi connectivity index (χ3n) is 4.38. The minimum absolute atomic E-state index is 0.0578. The number of nitrogens with one attached hydrogen (secondary N) is 1. The van der Waals surface area contributed by atoms with Crippen molar-refractivity contribution in [2.45, 2.75) is 17.9 Å². The summed E-state index contributed by atoms with van der Waals surface area (Å²) in [5, 5.41) is 5.03. The molecule has 140 valence electrons. The molecule has 1 N–H and O–H groups in total. The van der Waals surface area contributed by atoms with E-state index in [0.717, 1.165) is 20.6 Å². The van der Waals surface area contributed by atoms with Gasteiger partial charge in [-0.25, -0.2) is 8.42 Å². The van der Waals surface area contributed by atoms with Crippen LogP contribution >= 0.6 is 0 Å². The molecule has 1 aromatic heterocycles. The van der Waals surface area contributed by atoms with Gasteiger partial charge in [-0.05, 0) is 35.4 Å². The average molecular weight is 383 g/mol. The third kappa shape index (κ3) is 4.15. The molecule has 1 unspecified atom stereocenters. The van der Waals surface area contributed by atoms with Crippen molar-refractivity contribution in [3.05, 3.63) is 72.6 Å². The lowest BCUT2D eigenvalue weighted by Crippen LogP contribution is -2.39. The minimum Gasteiger partial charge on any atom is -0.348 e. The summed E-state index contributed by atoms with van der Waals surface area (Å²) in [6.45, 7) is 1.61. The molecule has 0 saturated carbocycles. The van der Waals surface area contributed by atoms with Crippen LogP contribution in [0.25, 0.3) is 10.8 Å². The molecule has 6 nitrogen and oxygen atoms in total. The summed E-state index contributed by atoms with van der Waals surface area (Å²) in [5.74, 6) is -0.370. The lowest BCUT2D eigenvalue weighted by Gasteiger charge is -2.20. The average Bonchev–Trinajstić information content (AvgIpc) is 2.68. The quantitative estimate of drug-likeness (QED) is 0.710. The number of aromatic nitrogens is 1. The van der Waals surface area contributed by atoms with Gasteiger partial charge in [0.2, 0.25) is 15.9 Å². The normalized spacial score (nSPS) is 12.9. The smallest absolute Gasteiger partial charge is 0.244 e. The van der Waals surface area contributed by atoms with Crippen molar-refractivity contribution in [1.29, 1.82) is 0 Å². The first-order valence-corrected chi connectivity index (χ1v) is 9.97. The third-order valence-corrected chi connectivity index (χ3v) is 6.16. The van der Waals surface area contributed by atoms with Crippen LogP contribution in [0.5, 0.6) is 0 Å². The van der Waals surface area contributed by atoms with Gasteiger partial charge in [0, 0.05) is 19.4 Å². The highest BCUT2D eigenvalue weighted by molar-refractivity contribution is 7.89. The van der Waals surface area contributed by atoms with Gasteiger partial charge >= 0.3 is 0 Å². The van der Waals surface area contributed by atoms with Crippen LogP contribution in [0.3, 0.4) is 0 Å². The van der Waals surface area contributed by atoms with Gasteiger partial charge in [-0.3, -0.25) is 9.78 Å². The molecular formula is C20H21N3O3S.